The first-order valence-electron chi connectivity index (χ1n) is 9.23. The molecule has 0 aliphatic carbocycles. The van der Waals surface area contributed by atoms with Gasteiger partial charge >= 0.3 is 6.09 Å². The van der Waals surface area contributed by atoms with Crippen LogP contribution in [-0.4, -0.2) is 80.6 Å². The molecule has 2 heterocycles. The van der Waals surface area contributed by atoms with Crippen LogP contribution in [-0.2, 0) is 14.4 Å². The number of carbonyl (C=O) groups is 2. The Hall–Kier alpha value is -2.97. The lowest BCUT2D eigenvalue weighted by molar-refractivity contribution is -0.143. The van der Waals surface area contributed by atoms with E-state index < -0.39 is 6.10 Å². The molecular weight excluding hydrogens is 366 g/mol. The standard InChI is InChI=1S/C19H25N3O6/c1-4-27-19(24)22-10-8-21(9-11-22)18(23)16-12-14(20-28-16)13-6-5-7-15(25-2)17(13)26-3/h5-7,16H,4,8-12H2,1-3H3. The van der Waals surface area contributed by atoms with Crippen molar-refractivity contribution in [3.8, 4) is 11.5 Å². The first-order valence-corrected chi connectivity index (χ1v) is 9.23. The monoisotopic (exact) mass is 391 g/mol. The van der Waals surface area contributed by atoms with Crippen LogP contribution in [0.15, 0.2) is 23.4 Å². The molecule has 1 atom stereocenters. The zero-order chi connectivity index (χ0) is 20.1. The van der Waals surface area contributed by atoms with Gasteiger partial charge in [-0.3, -0.25) is 4.79 Å². The fourth-order valence-electron chi connectivity index (χ4n) is 3.31. The fourth-order valence-corrected chi connectivity index (χ4v) is 3.31. The van der Waals surface area contributed by atoms with Crippen molar-refractivity contribution in [3.63, 3.8) is 0 Å². The number of hydrogen-bond donors (Lipinski definition) is 0. The Morgan fingerprint density at radius 3 is 2.50 bits per heavy atom. The average molecular weight is 391 g/mol. The normalized spacial score (nSPS) is 19.0. The number of benzene rings is 1. The van der Waals surface area contributed by atoms with Crippen LogP contribution in [0.1, 0.15) is 18.9 Å². The highest BCUT2D eigenvalue weighted by Crippen LogP contribution is 2.33. The highest BCUT2D eigenvalue weighted by molar-refractivity contribution is 6.06. The van der Waals surface area contributed by atoms with E-state index in [0.29, 0.717) is 56.4 Å². The Balaban J connectivity index is 1.60. The van der Waals surface area contributed by atoms with Crippen LogP contribution in [0.3, 0.4) is 0 Å². The topological polar surface area (TPSA) is 89.9 Å². The first kappa shape index (κ1) is 19.8. The van der Waals surface area contributed by atoms with Gasteiger partial charge in [0.1, 0.15) is 0 Å². The molecule has 3 rings (SSSR count). The van der Waals surface area contributed by atoms with E-state index in [2.05, 4.69) is 5.16 Å². The summed E-state index contributed by atoms with van der Waals surface area (Å²) in [6.45, 7) is 3.86. The Labute approximate surface area is 163 Å². The molecule has 1 unspecified atom stereocenters. The fraction of sp³-hybridized carbons (Fsp3) is 0.526. The molecular formula is C19H25N3O6. The molecule has 0 N–H and O–H groups in total. The molecule has 9 nitrogen and oxygen atoms in total. The second-order valence-electron chi connectivity index (χ2n) is 6.39. The number of rotatable bonds is 5. The molecule has 1 fully saturated rings. The number of amides is 2. The van der Waals surface area contributed by atoms with Crippen molar-refractivity contribution >= 4 is 17.7 Å². The number of methoxy groups -OCH3 is 2. The lowest BCUT2D eigenvalue weighted by atomic mass is 10.0. The van der Waals surface area contributed by atoms with Crippen molar-refractivity contribution in [1.29, 1.82) is 0 Å². The van der Waals surface area contributed by atoms with E-state index in [0.717, 1.165) is 5.56 Å². The minimum atomic E-state index is -0.681. The Morgan fingerprint density at radius 1 is 1.14 bits per heavy atom. The van der Waals surface area contributed by atoms with E-state index in [1.165, 1.54) is 0 Å². The SMILES string of the molecule is CCOC(=O)N1CCN(C(=O)C2CC(c3cccc(OC)c3OC)=NO2)CC1. The summed E-state index contributed by atoms with van der Waals surface area (Å²) in [5.74, 6) is 1.01. The molecule has 0 aromatic heterocycles. The van der Waals surface area contributed by atoms with Gasteiger partial charge in [-0.25, -0.2) is 4.79 Å². The predicted molar refractivity (Wildman–Crippen MR) is 101 cm³/mol. The molecule has 28 heavy (non-hydrogen) atoms. The second kappa shape index (κ2) is 8.81. The number of piperazine rings is 1. The van der Waals surface area contributed by atoms with E-state index in [1.807, 2.05) is 12.1 Å². The molecule has 0 bridgehead atoms. The summed E-state index contributed by atoms with van der Waals surface area (Å²) in [4.78, 5) is 33.3. The predicted octanol–water partition coefficient (Wildman–Crippen LogP) is 1.50. The van der Waals surface area contributed by atoms with E-state index in [-0.39, 0.29) is 12.0 Å². The second-order valence-corrected chi connectivity index (χ2v) is 6.39. The van der Waals surface area contributed by atoms with Gasteiger partial charge in [0.2, 0.25) is 6.10 Å². The number of ether oxygens (including phenoxy) is 3. The smallest absolute Gasteiger partial charge is 0.409 e. The minimum Gasteiger partial charge on any atom is -0.493 e. The largest absolute Gasteiger partial charge is 0.493 e. The molecule has 0 spiro atoms. The van der Waals surface area contributed by atoms with Gasteiger partial charge in [-0.05, 0) is 19.1 Å². The zero-order valence-corrected chi connectivity index (χ0v) is 16.3. The average Bonchev–Trinajstić information content (AvgIpc) is 3.22. The molecule has 1 aromatic carbocycles. The number of carbonyl (C=O) groups excluding carboxylic acids is 2. The van der Waals surface area contributed by atoms with Crippen molar-refractivity contribution in [2.24, 2.45) is 5.16 Å². The van der Waals surface area contributed by atoms with Crippen LogP contribution >= 0.6 is 0 Å². The van der Waals surface area contributed by atoms with Crippen LogP contribution in [0, 0.1) is 0 Å². The number of nitrogens with zero attached hydrogens (tertiary/aromatic N) is 3. The van der Waals surface area contributed by atoms with Gasteiger partial charge in [0.05, 0.1) is 26.5 Å². The molecule has 1 saturated heterocycles. The van der Waals surface area contributed by atoms with Crippen molar-refractivity contribution < 1.29 is 28.6 Å². The van der Waals surface area contributed by atoms with Crippen molar-refractivity contribution in [2.75, 3.05) is 47.0 Å². The van der Waals surface area contributed by atoms with Gasteiger partial charge in [-0.15, -0.1) is 0 Å². The summed E-state index contributed by atoms with van der Waals surface area (Å²) in [5, 5.41) is 4.10. The Kier molecular flexibility index (Phi) is 6.23. The summed E-state index contributed by atoms with van der Waals surface area (Å²) in [6.07, 6.45) is -0.678. The first-order chi connectivity index (χ1) is 13.6. The third-order valence-corrected chi connectivity index (χ3v) is 4.78. The summed E-state index contributed by atoms with van der Waals surface area (Å²) in [5.41, 5.74) is 1.38. The quantitative estimate of drug-likeness (QED) is 0.756. The van der Waals surface area contributed by atoms with Crippen LogP contribution in [0.5, 0.6) is 11.5 Å². The summed E-state index contributed by atoms with van der Waals surface area (Å²) < 4.78 is 15.8. The zero-order valence-electron chi connectivity index (χ0n) is 16.3. The van der Waals surface area contributed by atoms with Gasteiger partial charge < -0.3 is 28.8 Å². The molecule has 9 heteroatoms. The number of para-hydroxylation sites is 1. The maximum atomic E-state index is 12.8. The van der Waals surface area contributed by atoms with Gasteiger partial charge in [-0.1, -0.05) is 11.2 Å². The summed E-state index contributed by atoms with van der Waals surface area (Å²) >= 11 is 0. The van der Waals surface area contributed by atoms with E-state index >= 15 is 0 Å². The Bertz CT molecular complexity index is 758. The minimum absolute atomic E-state index is 0.135. The Morgan fingerprint density at radius 2 is 1.86 bits per heavy atom. The lowest BCUT2D eigenvalue weighted by Gasteiger charge is -2.34. The lowest BCUT2D eigenvalue weighted by Crippen LogP contribution is -2.53. The molecule has 0 radical (unpaired) electrons. The van der Waals surface area contributed by atoms with E-state index in [1.54, 1.807) is 37.0 Å². The van der Waals surface area contributed by atoms with Crippen LogP contribution in [0.2, 0.25) is 0 Å². The molecule has 2 aliphatic rings. The number of hydrogen-bond acceptors (Lipinski definition) is 7. The van der Waals surface area contributed by atoms with Gasteiger partial charge in [0.15, 0.2) is 11.5 Å². The molecule has 152 valence electrons. The van der Waals surface area contributed by atoms with Crippen LogP contribution in [0.4, 0.5) is 4.79 Å². The molecule has 1 aromatic rings. The van der Waals surface area contributed by atoms with Crippen LogP contribution in [0.25, 0.3) is 0 Å². The third-order valence-electron chi connectivity index (χ3n) is 4.78. The number of oxime groups is 1. The maximum absolute atomic E-state index is 12.8. The van der Waals surface area contributed by atoms with Crippen molar-refractivity contribution in [1.82, 2.24) is 9.80 Å². The summed E-state index contributed by atoms with van der Waals surface area (Å²) in [6, 6.07) is 5.49. The molecule has 2 amide bonds. The van der Waals surface area contributed by atoms with Gasteiger partial charge in [-0.2, -0.15) is 0 Å². The van der Waals surface area contributed by atoms with Crippen LogP contribution < -0.4 is 9.47 Å². The van der Waals surface area contributed by atoms with Crippen molar-refractivity contribution in [2.45, 2.75) is 19.4 Å². The molecule has 2 aliphatic heterocycles. The molecule has 0 saturated carbocycles. The van der Waals surface area contributed by atoms with Gasteiger partial charge in [0.25, 0.3) is 5.91 Å². The van der Waals surface area contributed by atoms with Crippen molar-refractivity contribution in [3.05, 3.63) is 23.8 Å². The third kappa shape index (κ3) is 3.97. The van der Waals surface area contributed by atoms with Gasteiger partial charge in [0, 0.05) is 38.2 Å². The van der Waals surface area contributed by atoms with E-state index in [9.17, 15) is 9.59 Å². The maximum Gasteiger partial charge on any atom is 0.409 e. The highest BCUT2D eigenvalue weighted by Gasteiger charge is 2.35. The summed E-state index contributed by atoms with van der Waals surface area (Å²) in [7, 11) is 3.13. The highest BCUT2D eigenvalue weighted by atomic mass is 16.6. The van der Waals surface area contributed by atoms with E-state index in [4.69, 9.17) is 19.0 Å².